The number of nitrogen functional groups attached to an aromatic ring is 3. The molecule has 8 heteroatoms. The van der Waals surface area contributed by atoms with Gasteiger partial charge in [-0.2, -0.15) is 9.97 Å². The number of hydrazine groups is 3. The zero-order chi connectivity index (χ0) is 8.97. The molecule has 66 valence electrons. The fourth-order valence-corrected chi connectivity index (χ4v) is 0.660. The molecule has 0 saturated heterocycles. The summed E-state index contributed by atoms with van der Waals surface area (Å²) < 4.78 is 0. The van der Waals surface area contributed by atoms with Gasteiger partial charge in [0.1, 0.15) is 11.6 Å². The van der Waals surface area contributed by atoms with Gasteiger partial charge in [0.15, 0.2) is 0 Å². The number of nitrogens with two attached hydrogens (primary N) is 3. The molecule has 0 fully saturated rings. The maximum atomic E-state index is 5.12. The Bertz CT molecular complexity index is 204. The summed E-state index contributed by atoms with van der Waals surface area (Å²) in [5, 5.41) is 0. The molecule has 0 aliphatic heterocycles. The summed E-state index contributed by atoms with van der Waals surface area (Å²) in [4.78, 5) is 7.68. The quantitative estimate of drug-likeness (QED) is 0.234. The van der Waals surface area contributed by atoms with E-state index in [2.05, 4.69) is 26.2 Å². The summed E-state index contributed by atoms with van der Waals surface area (Å²) in [7, 11) is 0. The van der Waals surface area contributed by atoms with Crippen LogP contribution in [0.2, 0.25) is 0 Å². The summed E-state index contributed by atoms with van der Waals surface area (Å²) in [6, 6.07) is 1.53. The minimum Gasteiger partial charge on any atom is -0.308 e. The Morgan fingerprint density at radius 1 is 0.917 bits per heavy atom. The lowest BCUT2D eigenvalue weighted by Crippen LogP contribution is -2.17. The lowest BCUT2D eigenvalue weighted by atomic mass is 10.5. The topological polar surface area (TPSA) is 140 Å². The van der Waals surface area contributed by atoms with E-state index in [0.29, 0.717) is 11.6 Å². The molecule has 0 aromatic carbocycles. The van der Waals surface area contributed by atoms with Crippen LogP contribution in [-0.4, -0.2) is 9.97 Å². The van der Waals surface area contributed by atoms with Gasteiger partial charge >= 0.3 is 0 Å². The van der Waals surface area contributed by atoms with E-state index in [4.69, 9.17) is 17.5 Å². The molecule has 0 bridgehead atoms. The molecule has 0 spiro atoms. The van der Waals surface area contributed by atoms with Crippen LogP contribution in [0.15, 0.2) is 6.07 Å². The highest BCUT2D eigenvalue weighted by Crippen LogP contribution is 2.10. The molecule has 0 atom stereocenters. The summed E-state index contributed by atoms with van der Waals surface area (Å²) >= 11 is 0. The van der Waals surface area contributed by atoms with Crippen LogP contribution in [-0.2, 0) is 0 Å². The van der Waals surface area contributed by atoms with Gasteiger partial charge in [0.05, 0.1) is 0 Å². The van der Waals surface area contributed by atoms with E-state index >= 15 is 0 Å². The molecule has 0 unspecified atom stereocenters. The first-order valence-corrected chi connectivity index (χ1v) is 3.09. The van der Waals surface area contributed by atoms with Crippen LogP contribution >= 0.6 is 0 Å². The van der Waals surface area contributed by atoms with Crippen molar-refractivity contribution in [3.63, 3.8) is 0 Å². The standard InChI is InChI=1S/C4H10N8/c5-10-2-1-3(11-6)9-4(8-2)12-7/h1H,5-7H2,(H3,8,9,10,11,12). The molecule has 0 radical (unpaired) electrons. The van der Waals surface area contributed by atoms with E-state index in [1.807, 2.05) is 0 Å². The van der Waals surface area contributed by atoms with E-state index < -0.39 is 0 Å². The smallest absolute Gasteiger partial charge is 0.241 e. The fraction of sp³-hybridized carbons (Fsp3) is 0. The van der Waals surface area contributed by atoms with Crippen molar-refractivity contribution < 1.29 is 0 Å². The highest BCUT2D eigenvalue weighted by Gasteiger charge is 2.00. The average molecular weight is 170 g/mol. The Hall–Kier alpha value is -1.64. The van der Waals surface area contributed by atoms with Gasteiger partial charge in [-0.25, -0.2) is 17.5 Å². The van der Waals surface area contributed by atoms with Crippen molar-refractivity contribution in [2.24, 2.45) is 17.5 Å². The molecule has 0 aliphatic carbocycles. The Balaban J connectivity index is 3.01. The van der Waals surface area contributed by atoms with Gasteiger partial charge in [0.2, 0.25) is 5.95 Å². The SMILES string of the molecule is NNc1cc(NN)nc(NN)n1. The predicted octanol–water partition coefficient (Wildman–Crippen LogP) is -1.67. The molecule has 12 heavy (non-hydrogen) atoms. The average Bonchev–Trinajstić information content (AvgIpc) is 2.16. The van der Waals surface area contributed by atoms with Gasteiger partial charge in [-0.3, -0.25) is 5.43 Å². The van der Waals surface area contributed by atoms with Crippen LogP contribution in [0.3, 0.4) is 0 Å². The van der Waals surface area contributed by atoms with Crippen molar-refractivity contribution in [3.8, 4) is 0 Å². The molecule has 9 N–H and O–H groups in total. The van der Waals surface area contributed by atoms with Crippen molar-refractivity contribution in [2.75, 3.05) is 16.3 Å². The Labute approximate surface area is 68.5 Å². The van der Waals surface area contributed by atoms with Gasteiger partial charge in [0.25, 0.3) is 0 Å². The van der Waals surface area contributed by atoms with Gasteiger partial charge in [0, 0.05) is 6.07 Å². The molecule has 1 aromatic heterocycles. The second-order valence-electron chi connectivity index (χ2n) is 1.90. The number of rotatable bonds is 3. The van der Waals surface area contributed by atoms with E-state index in [9.17, 15) is 0 Å². The van der Waals surface area contributed by atoms with Gasteiger partial charge in [-0.1, -0.05) is 0 Å². The normalized spacial score (nSPS) is 9.25. The lowest BCUT2D eigenvalue weighted by molar-refractivity contribution is 1.09. The van der Waals surface area contributed by atoms with Crippen molar-refractivity contribution in [3.05, 3.63) is 6.07 Å². The van der Waals surface area contributed by atoms with E-state index in [0.717, 1.165) is 0 Å². The first kappa shape index (κ1) is 8.46. The van der Waals surface area contributed by atoms with E-state index in [1.165, 1.54) is 6.07 Å². The highest BCUT2D eigenvalue weighted by molar-refractivity contribution is 5.50. The second-order valence-corrected chi connectivity index (χ2v) is 1.90. The molecule has 8 nitrogen and oxygen atoms in total. The molecule has 0 amide bonds. The van der Waals surface area contributed by atoms with Gasteiger partial charge in [-0.05, 0) is 0 Å². The van der Waals surface area contributed by atoms with Crippen molar-refractivity contribution in [1.29, 1.82) is 0 Å². The molecule has 1 rings (SSSR count). The third-order valence-corrected chi connectivity index (χ3v) is 1.15. The van der Waals surface area contributed by atoms with Crippen molar-refractivity contribution in [1.82, 2.24) is 9.97 Å². The Kier molecular flexibility index (Phi) is 2.58. The van der Waals surface area contributed by atoms with Crippen LogP contribution in [0.5, 0.6) is 0 Å². The zero-order valence-corrected chi connectivity index (χ0v) is 6.20. The van der Waals surface area contributed by atoms with Gasteiger partial charge in [-0.15, -0.1) is 0 Å². The first-order valence-electron chi connectivity index (χ1n) is 3.09. The number of nitrogens with zero attached hydrogens (tertiary/aromatic N) is 2. The van der Waals surface area contributed by atoms with Crippen LogP contribution in [0.1, 0.15) is 0 Å². The molecule has 1 aromatic rings. The third kappa shape index (κ3) is 1.69. The number of hydrogen-bond donors (Lipinski definition) is 6. The Morgan fingerprint density at radius 2 is 1.42 bits per heavy atom. The molecule has 0 saturated carbocycles. The monoisotopic (exact) mass is 170 g/mol. The number of hydrogen-bond acceptors (Lipinski definition) is 8. The molecular weight excluding hydrogens is 160 g/mol. The van der Waals surface area contributed by atoms with E-state index in [1.54, 1.807) is 0 Å². The minimum absolute atomic E-state index is 0.221. The highest BCUT2D eigenvalue weighted by atomic mass is 15.4. The maximum absolute atomic E-state index is 5.12. The third-order valence-electron chi connectivity index (χ3n) is 1.15. The van der Waals surface area contributed by atoms with Crippen LogP contribution in [0, 0.1) is 0 Å². The van der Waals surface area contributed by atoms with Crippen LogP contribution in [0.25, 0.3) is 0 Å². The van der Waals surface area contributed by atoms with Crippen molar-refractivity contribution in [2.45, 2.75) is 0 Å². The van der Waals surface area contributed by atoms with Crippen molar-refractivity contribution >= 4 is 17.6 Å². The Morgan fingerprint density at radius 3 is 1.75 bits per heavy atom. The molecule has 1 heterocycles. The predicted molar refractivity (Wildman–Crippen MR) is 45.5 cm³/mol. The van der Waals surface area contributed by atoms with Crippen LogP contribution in [0.4, 0.5) is 17.6 Å². The summed E-state index contributed by atoms with van der Waals surface area (Å²) in [5.41, 5.74) is 6.93. The fourth-order valence-electron chi connectivity index (χ4n) is 0.660. The summed E-state index contributed by atoms with van der Waals surface area (Å²) in [6.07, 6.45) is 0. The number of anilines is 3. The number of aromatic nitrogens is 2. The minimum atomic E-state index is 0.221. The zero-order valence-electron chi connectivity index (χ0n) is 6.20. The lowest BCUT2D eigenvalue weighted by Gasteiger charge is -2.05. The molecule has 0 aliphatic rings. The van der Waals surface area contributed by atoms with E-state index in [-0.39, 0.29) is 5.95 Å². The largest absolute Gasteiger partial charge is 0.308 e. The molecular formula is C4H10N8. The maximum Gasteiger partial charge on any atom is 0.241 e. The summed E-state index contributed by atoms with van der Waals surface area (Å²) in [5.74, 6) is 16.4. The number of nitrogens with one attached hydrogen (secondary N) is 3. The second kappa shape index (κ2) is 3.67. The van der Waals surface area contributed by atoms with Crippen LogP contribution < -0.4 is 33.8 Å². The summed E-state index contributed by atoms with van der Waals surface area (Å²) in [6.45, 7) is 0. The van der Waals surface area contributed by atoms with Gasteiger partial charge < -0.3 is 10.9 Å². The first-order chi connectivity index (χ1) is 5.80.